The SMILES string of the molecule is O=C(C1CCCOC1)N1Cc2cnn(-c3ccccc3)c2C1. The third-order valence-corrected chi connectivity index (χ3v) is 4.48. The molecule has 1 saturated heterocycles. The summed E-state index contributed by atoms with van der Waals surface area (Å²) < 4.78 is 7.39. The van der Waals surface area contributed by atoms with Gasteiger partial charge in [0.15, 0.2) is 0 Å². The highest BCUT2D eigenvalue weighted by molar-refractivity contribution is 5.79. The lowest BCUT2D eigenvalue weighted by Gasteiger charge is -2.26. The fraction of sp³-hybridized carbons (Fsp3) is 0.412. The van der Waals surface area contributed by atoms with Gasteiger partial charge in [-0.05, 0) is 25.0 Å². The molecule has 1 unspecified atom stereocenters. The van der Waals surface area contributed by atoms with Crippen molar-refractivity contribution >= 4 is 5.91 Å². The van der Waals surface area contributed by atoms with E-state index in [2.05, 4.69) is 5.10 Å². The lowest BCUT2D eigenvalue weighted by Crippen LogP contribution is -2.36. The van der Waals surface area contributed by atoms with Gasteiger partial charge in [0.2, 0.25) is 5.91 Å². The van der Waals surface area contributed by atoms with Crippen LogP contribution in [0.5, 0.6) is 0 Å². The first kappa shape index (κ1) is 13.5. The predicted molar refractivity (Wildman–Crippen MR) is 81.4 cm³/mol. The Balaban J connectivity index is 1.54. The Morgan fingerprint density at radius 3 is 2.86 bits per heavy atom. The molecule has 1 aromatic carbocycles. The molecule has 1 atom stereocenters. The number of rotatable bonds is 2. The summed E-state index contributed by atoms with van der Waals surface area (Å²) in [5.74, 6) is 0.242. The number of aromatic nitrogens is 2. The standard InChI is InChI=1S/C17H19N3O2/c21-17(13-5-4-8-22-12-13)19-10-14-9-18-20(16(14)11-19)15-6-2-1-3-7-15/h1-3,6-7,9,13H,4-5,8,10-12H2. The lowest BCUT2D eigenvalue weighted by molar-refractivity contribution is -0.140. The maximum Gasteiger partial charge on any atom is 0.228 e. The van der Waals surface area contributed by atoms with E-state index in [9.17, 15) is 4.79 Å². The highest BCUT2D eigenvalue weighted by Crippen LogP contribution is 2.27. The van der Waals surface area contributed by atoms with E-state index in [4.69, 9.17) is 4.74 Å². The number of benzene rings is 1. The molecular formula is C17H19N3O2. The number of para-hydroxylation sites is 1. The van der Waals surface area contributed by atoms with Crippen molar-refractivity contribution in [3.05, 3.63) is 47.8 Å². The highest BCUT2D eigenvalue weighted by atomic mass is 16.5. The minimum absolute atomic E-state index is 0.0240. The Bertz CT molecular complexity index is 674. The zero-order valence-corrected chi connectivity index (χ0v) is 12.4. The van der Waals surface area contributed by atoms with Gasteiger partial charge in [0.25, 0.3) is 0 Å². The summed E-state index contributed by atoms with van der Waals surface area (Å²) in [4.78, 5) is 14.6. The van der Waals surface area contributed by atoms with Crippen molar-refractivity contribution in [1.82, 2.24) is 14.7 Å². The van der Waals surface area contributed by atoms with Crippen LogP contribution in [-0.4, -0.2) is 33.8 Å². The van der Waals surface area contributed by atoms with E-state index in [0.717, 1.165) is 36.4 Å². The van der Waals surface area contributed by atoms with E-state index in [-0.39, 0.29) is 11.8 Å². The number of carbonyl (C=O) groups excluding carboxylic acids is 1. The van der Waals surface area contributed by atoms with E-state index in [1.807, 2.05) is 46.1 Å². The molecule has 2 aliphatic rings. The molecule has 2 aromatic rings. The second-order valence-electron chi connectivity index (χ2n) is 5.97. The summed E-state index contributed by atoms with van der Waals surface area (Å²) in [5.41, 5.74) is 3.31. The summed E-state index contributed by atoms with van der Waals surface area (Å²) in [6.45, 7) is 2.65. The van der Waals surface area contributed by atoms with Crippen molar-refractivity contribution < 1.29 is 9.53 Å². The second-order valence-corrected chi connectivity index (χ2v) is 5.97. The summed E-state index contributed by atoms with van der Waals surface area (Å²) in [6.07, 6.45) is 3.80. The number of carbonyl (C=O) groups is 1. The zero-order valence-electron chi connectivity index (χ0n) is 12.4. The number of amides is 1. The average Bonchev–Trinajstić information content (AvgIpc) is 3.16. The first-order valence-electron chi connectivity index (χ1n) is 7.80. The summed E-state index contributed by atoms with van der Waals surface area (Å²) in [7, 11) is 0. The van der Waals surface area contributed by atoms with Gasteiger partial charge in [-0.3, -0.25) is 4.79 Å². The summed E-state index contributed by atoms with van der Waals surface area (Å²) in [5, 5.41) is 4.47. The molecule has 0 bridgehead atoms. The Morgan fingerprint density at radius 1 is 1.23 bits per heavy atom. The van der Waals surface area contributed by atoms with Crippen LogP contribution in [0.1, 0.15) is 24.1 Å². The summed E-state index contributed by atoms with van der Waals surface area (Å²) >= 11 is 0. The molecule has 1 aromatic heterocycles. The fourth-order valence-corrected chi connectivity index (χ4v) is 3.29. The van der Waals surface area contributed by atoms with Crippen molar-refractivity contribution in [3.8, 4) is 5.69 Å². The topological polar surface area (TPSA) is 47.4 Å². The van der Waals surface area contributed by atoms with E-state index in [1.54, 1.807) is 0 Å². The zero-order chi connectivity index (χ0) is 14.9. The number of hydrogen-bond donors (Lipinski definition) is 0. The van der Waals surface area contributed by atoms with Crippen molar-refractivity contribution in [1.29, 1.82) is 0 Å². The molecule has 5 nitrogen and oxygen atoms in total. The van der Waals surface area contributed by atoms with Crippen LogP contribution in [0.3, 0.4) is 0 Å². The molecule has 0 N–H and O–H groups in total. The first-order chi connectivity index (χ1) is 10.8. The van der Waals surface area contributed by atoms with Gasteiger partial charge in [-0.1, -0.05) is 18.2 Å². The van der Waals surface area contributed by atoms with Gasteiger partial charge in [0.1, 0.15) is 0 Å². The normalized spacial score (nSPS) is 20.9. The smallest absolute Gasteiger partial charge is 0.228 e. The van der Waals surface area contributed by atoms with E-state index < -0.39 is 0 Å². The molecule has 1 amide bonds. The largest absolute Gasteiger partial charge is 0.381 e. The average molecular weight is 297 g/mol. The van der Waals surface area contributed by atoms with Gasteiger partial charge >= 0.3 is 0 Å². The Labute approximate surface area is 129 Å². The van der Waals surface area contributed by atoms with E-state index in [1.165, 1.54) is 0 Å². The molecule has 114 valence electrons. The molecule has 0 spiro atoms. The lowest BCUT2D eigenvalue weighted by atomic mass is 10.0. The molecular weight excluding hydrogens is 278 g/mol. The molecule has 4 rings (SSSR count). The molecule has 1 fully saturated rings. The molecule has 0 aliphatic carbocycles. The highest BCUT2D eigenvalue weighted by Gasteiger charge is 2.32. The number of fused-ring (bicyclic) bond motifs is 1. The quantitative estimate of drug-likeness (QED) is 0.853. The van der Waals surface area contributed by atoms with Gasteiger partial charge in [-0.2, -0.15) is 5.10 Å². The summed E-state index contributed by atoms with van der Waals surface area (Å²) in [6, 6.07) is 10.1. The van der Waals surface area contributed by atoms with Gasteiger partial charge in [-0.15, -0.1) is 0 Å². The number of ether oxygens (including phenoxy) is 1. The van der Waals surface area contributed by atoms with Gasteiger partial charge in [0, 0.05) is 18.7 Å². The van der Waals surface area contributed by atoms with Crippen LogP contribution in [0, 0.1) is 5.92 Å². The Kier molecular flexibility index (Phi) is 3.42. The van der Waals surface area contributed by atoms with Crippen molar-refractivity contribution in [2.75, 3.05) is 13.2 Å². The van der Waals surface area contributed by atoms with Crippen molar-refractivity contribution in [2.24, 2.45) is 5.92 Å². The maximum absolute atomic E-state index is 12.6. The third kappa shape index (κ3) is 2.31. The molecule has 0 saturated carbocycles. The molecule has 3 heterocycles. The number of hydrogen-bond acceptors (Lipinski definition) is 3. The van der Waals surface area contributed by atoms with Gasteiger partial charge in [0.05, 0.1) is 36.6 Å². The van der Waals surface area contributed by atoms with Gasteiger partial charge < -0.3 is 9.64 Å². The van der Waals surface area contributed by atoms with Crippen LogP contribution in [0.4, 0.5) is 0 Å². The second kappa shape index (κ2) is 5.57. The molecule has 5 heteroatoms. The van der Waals surface area contributed by atoms with Crippen LogP contribution in [0.15, 0.2) is 36.5 Å². The van der Waals surface area contributed by atoms with Crippen molar-refractivity contribution in [3.63, 3.8) is 0 Å². The van der Waals surface area contributed by atoms with Crippen LogP contribution in [0.25, 0.3) is 5.69 Å². The van der Waals surface area contributed by atoms with Crippen molar-refractivity contribution in [2.45, 2.75) is 25.9 Å². The Hall–Kier alpha value is -2.14. The maximum atomic E-state index is 12.6. The fourth-order valence-electron chi connectivity index (χ4n) is 3.29. The molecule has 22 heavy (non-hydrogen) atoms. The Morgan fingerprint density at radius 2 is 2.09 bits per heavy atom. The van der Waals surface area contributed by atoms with E-state index >= 15 is 0 Å². The number of nitrogens with zero attached hydrogens (tertiary/aromatic N) is 3. The minimum atomic E-state index is 0.0240. The third-order valence-electron chi connectivity index (χ3n) is 4.48. The monoisotopic (exact) mass is 297 g/mol. The van der Waals surface area contributed by atoms with Crippen LogP contribution in [-0.2, 0) is 22.6 Å². The molecule has 0 radical (unpaired) electrons. The van der Waals surface area contributed by atoms with Crippen LogP contribution in [0.2, 0.25) is 0 Å². The van der Waals surface area contributed by atoms with Crippen LogP contribution >= 0.6 is 0 Å². The molecule has 2 aliphatic heterocycles. The van der Waals surface area contributed by atoms with Crippen LogP contribution < -0.4 is 0 Å². The first-order valence-corrected chi connectivity index (χ1v) is 7.80. The predicted octanol–water partition coefficient (Wildman–Crippen LogP) is 2.14. The minimum Gasteiger partial charge on any atom is -0.381 e. The van der Waals surface area contributed by atoms with E-state index in [0.29, 0.717) is 19.7 Å². The van der Waals surface area contributed by atoms with Gasteiger partial charge in [-0.25, -0.2) is 4.68 Å².